The number of nitrogens with zero attached hydrogens (tertiary/aromatic N) is 2. The van der Waals surface area contributed by atoms with Crippen molar-refractivity contribution in [3.63, 3.8) is 0 Å². The summed E-state index contributed by atoms with van der Waals surface area (Å²) in [7, 11) is 2.06. The predicted octanol–water partition coefficient (Wildman–Crippen LogP) is 1.67. The number of pyridine rings is 1. The number of hydrogen-bond donors (Lipinski definition) is 2. The lowest BCUT2D eigenvalue weighted by Gasteiger charge is -2.35. The van der Waals surface area contributed by atoms with Crippen molar-refractivity contribution >= 4 is 11.8 Å². The molecule has 0 aliphatic carbocycles. The highest BCUT2D eigenvalue weighted by Gasteiger charge is 2.25. The smallest absolute Gasteiger partial charge is 0.339 e. The highest BCUT2D eigenvalue weighted by molar-refractivity contribution is 5.93. The fourth-order valence-electron chi connectivity index (χ4n) is 2.46. The summed E-state index contributed by atoms with van der Waals surface area (Å²) >= 11 is 0. The Labute approximate surface area is 111 Å². The number of aromatic carboxylic acids is 1. The second kappa shape index (κ2) is 5.52. The number of rotatable bonds is 3. The van der Waals surface area contributed by atoms with Crippen LogP contribution in [-0.2, 0) is 0 Å². The van der Waals surface area contributed by atoms with E-state index in [0.717, 1.165) is 31.8 Å². The minimum Gasteiger partial charge on any atom is -0.478 e. The van der Waals surface area contributed by atoms with Crippen LogP contribution in [0.15, 0.2) is 12.3 Å². The Morgan fingerprint density at radius 3 is 3.00 bits per heavy atom. The molecule has 1 aliphatic heterocycles. The van der Waals surface area contributed by atoms with Crippen LogP contribution in [0.4, 0.5) is 10.2 Å². The Kier molecular flexibility index (Phi) is 3.99. The fourth-order valence-corrected chi connectivity index (χ4v) is 2.46. The van der Waals surface area contributed by atoms with Gasteiger partial charge in [0.25, 0.3) is 0 Å². The van der Waals surface area contributed by atoms with E-state index in [1.54, 1.807) is 0 Å². The highest BCUT2D eigenvalue weighted by Crippen LogP contribution is 2.22. The molecular formula is C13H18FN3O2. The summed E-state index contributed by atoms with van der Waals surface area (Å²) in [6.45, 7) is 4.00. The van der Waals surface area contributed by atoms with Crippen LogP contribution in [0.3, 0.4) is 0 Å². The van der Waals surface area contributed by atoms with Crippen LogP contribution in [0, 0.1) is 11.7 Å². The van der Waals surface area contributed by atoms with Gasteiger partial charge >= 0.3 is 5.97 Å². The summed E-state index contributed by atoms with van der Waals surface area (Å²) in [6, 6.07) is 1.16. The van der Waals surface area contributed by atoms with Crippen molar-refractivity contribution in [3.05, 3.63) is 23.6 Å². The maximum atomic E-state index is 13.1. The molecule has 1 aromatic heterocycles. The first-order valence-electron chi connectivity index (χ1n) is 6.31. The van der Waals surface area contributed by atoms with Crippen molar-refractivity contribution in [2.24, 2.45) is 5.92 Å². The SMILES string of the molecule is CC1CN(C)CCC1Nc1ncc(F)cc1C(=O)O. The number of nitrogens with one attached hydrogen (secondary N) is 1. The van der Waals surface area contributed by atoms with Gasteiger partial charge in [-0.05, 0) is 32.0 Å². The van der Waals surface area contributed by atoms with E-state index in [-0.39, 0.29) is 17.4 Å². The van der Waals surface area contributed by atoms with Gasteiger partial charge in [0.05, 0.1) is 6.20 Å². The minimum atomic E-state index is -1.17. The number of likely N-dealkylation sites (tertiary alicyclic amines) is 1. The van der Waals surface area contributed by atoms with Gasteiger partial charge in [0.15, 0.2) is 0 Å². The topological polar surface area (TPSA) is 65.5 Å². The van der Waals surface area contributed by atoms with Gasteiger partial charge in [-0.25, -0.2) is 14.2 Å². The first kappa shape index (κ1) is 13.7. The van der Waals surface area contributed by atoms with E-state index in [0.29, 0.717) is 5.92 Å². The molecule has 0 spiro atoms. The molecule has 0 radical (unpaired) electrons. The number of halogens is 1. The van der Waals surface area contributed by atoms with E-state index in [2.05, 4.69) is 29.2 Å². The summed E-state index contributed by atoms with van der Waals surface area (Å²) in [5.74, 6) is -1.18. The van der Waals surface area contributed by atoms with Gasteiger partial charge in [0.2, 0.25) is 0 Å². The van der Waals surface area contributed by atoms with Crippen molar-refractivity contribution in [2.45, 2.75) is 19.4 Å². The Bertz CT molecular complexity index is 481. The van der Waals surface area contributed by atoms with E-state index in [1.165, 1.54) is 0 Å². The third kappa shape index (κ3) is 3.20. The van der Waals surface area contributed by atoms with E-state index >= 15 is 0 Å². The third-order valence-electron chi connectivity index (χ3n) is 3.52. The van der Waals surface area contributed by atoms with Crippen LogP contribution in [0.5, 0.6) is 0 Å². The average molecular weight is 267 g/mol. The van der Waals surface area contributed by atoms with Gasteiger partial charge in [-0.1, -0.05) is 6.92 Å². The molecule has 0 saturated carbocycles. The van der Waals surface area contributed by atoms with Crippen molar-refractivity contribution in [3.8, 4) is 0 Å². The van der Waals surface area contributed by atoms with Crippen LogP contribution in [0.2, 0.25) is 0 Å². The maximum absolute atomic E-state index is 13.1. The monoisotopic (exact) mass is 267 g/mol. The molecule has 0 amide bonds. The second-order valence-electron chi connectivity index (χ2n) is 5.13. The lowest BCUT2D eigenvalue weighted by atomic mass is 9.94. The molecule has 104 valence electrons. The van der Waals surface area contributed by atoms with Crippen molar-refractivity contribution < 1.29 is 14.3 Å². The van der Waals surface area contributed by atoms with Crippen molar-refractivity contribution in [1.82, 2.24) is 9.88 Å². The zero-order chi connectivity index (χ0) is 14.0. The van der Waals surface area contributed by atoms with E-state index in [9.17, 15) is 9.18 Å². The quantitative estimate of drug-likeness (QED) is 0.872. The van der Waals surface area contributed by atoms with Crippen LogP contribution < -0.4 is 5.32 Å². The third-order valence-corrected chi connectivity index (χ3v) is 3.52. The molecule has 1 saturated heterocycles. The van der Waals surface area contributed by atoms with Crippen LogP contribution >= 0.6 is 0 Å². The van der Waals surface area contributed by atoms with Gasteiger partial charge < -0.3 is 15.3 Å². The van der Waals surface area contributed by atoms with Crippen molar-refractivity contribution in [1.29, 1.82) is 0 Å². The number of hydrogen-bond acceptors (Lipinski definition) is 4. The van der Waals surface area contributed by atoms with Crippen LogP contribution in [0.1, 0.15) is 23.7 Å². The summed E-state index contributed by atoms with van der Waals surface area (Å²) in [4.78, 5) is 17.2. The normalized spacial score (nSPS) is 24.2. The summed E-state index contributed by atoms with van der Waals surface area (Å²) < 4.78 is 13.1. The zero-order valence-electron chi connectivity index (χ0n) is 11.1. The Hall–Kier alpha value is -1.69. The number of anilines is 1. The number of carbonyl (C=O) groups is 1. The first-order chi connectivity index (χ1) is 8.97. The first-order valence-corrected chi connectivity index (χ1v) is 6.31. The second-order valence-corrected chi connectivity index (χ2v) is 5.13. The lowest BCUT2D eigenvalue weighted by Crippen LogP contribution is -2.43. The minimum absolute atomic E-state index is 0.119. The zero-order valence-corrected chi connectivity index (χ0v) is 11.1. The maximum Gasteiger partial charge on any atom is 0.339 e. The summed E-state index contributed by atoms with van der Waals surface area (Å²) in [6.07, 6.45) is 1.95. The molecule has 2 heterocycles. The standard InChI is InChI=1S/C13H18FN3O2/c1-8-7-17(2)4-3-11(8)16-12-10(13(18)19)5-9(14)6-15-12/h5-6,8,11H,3-4,7H2,1-2H3,(H,15,16)(H,18,19). The van der Waals surface area contributed by atoms with Crippen LogP contribution in [-0.4, -0.2) is 47.1 Å². The van der Waals surface area contributed by atoms with Gasteiger partial charge in [-0.2, -0.15) is 0 Å². The van der Waals surface area contributed by atoms with Gasteiger partial charge in [-0.3, -0.25) is 0 Å². The van der Waals surface area contributed by atoms with E-state index < -0.39 is 11.8 Å². The fraction of sp³-hybridized carbons (Fsp3) is 0.538. The molecule has 2 atom stereocenters. The summed E-state index contributed by atoms with van der Waals surface area (Å²) in [5, 5.41) is 12.2. The molecule has 2 rings (SSSR count). The molecule has 6 heteroatoms. The molecule has 5 nitrogen and oxygen atoms in total. The van der Waals surface area contributed by atoms with E-state index in [4.69, 9.17) is 5.11 Å². The molecule has 1 fully saturated rings. The number of piperidine rings is 1. The van der Waals surface area contributed by atoms with Gasteiger partial charge in [0, 0.05) is 12.6 Å². The van der Waals surface area contributed by atoms with Gasteiger partial charge in [0.1, 0.15) is 17.2 Å². The molecular weight excluding hydrogens is 249 g/mol. The Balaban J connectivity index is 2.17. The Morgan fingerprint density at radius 2 is 2.37 bits per heavy atom. The highest BCUT2D eigenvalue weighted by atomic mass is 19.1. The van der Waals surface area contributed by atoms with Crippen LogP contribution in [0.25, 0.3) is 0 Å². The largest absolute Gasteiger partial charge is 0.478 e. The number of carboxylic acids is 1. The molecule has 1 aromatic rings. The molecule has 2 unspecified atom stereocenters. The van der Waals surface area contributed by atoms with Crippen molar-refractivity contribution in [2.75, 3.05) is 25.5 Å². The number of aromatic nitrogens is 1. The Morgan fingerprint density at radius 1 is 1.63 bits per heavy atom. The lowest BCUT2D eigenvalue weighted by molar-refractivity contribution is 0.0696. The number of carboxylic acid groups (broad SMARTS) is 1. The molecule has 19 heavy (non-hydrogen) atoms. The van der Waals surface area contributed by atoms with E-state index in [1.807, 2.05) is 0 Å². The molecule has 2 N–H and O–H groups in total. The molecule has 1 aliphatic rings. The van der Waals surface area contributed by atoms with Gasteiger partial charge in [-0.15, -0.1) is 0 Å². The average Bonchev–Trinajstić information content (AvgIpc) is 2.34. The molecule has 0 aromatic carbocycles. The molecule has 0 bridgehead atoms. The predicted molar refractivity (Wildman–Crippen MR) is 69.8 cm³/mol. The summed E-state index contributed by atoms with van der Waals surface area (Å²) in [5.41, 5.74) is -0.119.